The molecule has 0 fully saturated rings. The average molecular weight is 267 g/mol. The number of allylic oxidation sites excluding steroid dienone is 2. The lowest BCUT2D eigenvalue weighted by atomic mass is 9.93. The first-order chi connectivity index (χ1) is 6.00. The molecule has 0 saturated heterocycles. The van der Waals surface area contributed by atoms with Crippen molar-refractivity contribution in [3.8, 4) is 0 Å². The number of rotatable bonds is 2. The van der Waals surface area contributed by atoms with Crippen LogP contribution < -0.4 is 5.32 Å². The molecule has 1 nitrogen and oxygen atoms in total. The molecule has 0 radical (unpaired) electrons. The molecule has 0 aromatic rings. The minimum atomic E-state index is 0.294. The number of nitrogens with one attached hydrogen (secondary N) is 1. The Morgan fingerprint density at radius 2 is 2.15 bits per heavy atom. The normalized spacial score (nSPS) is 29.7. The molecule has 2 unspecified atom stereocenters. The van der Waals surface area contributed by atoms with Gasteiger partial charge in [0.15, 0.2) is 0 Å². The van der Waals surface area contributed by atoms with E-state index in [2.05, 4.69) is 42.0 Å². The average Bonchev–Trinajstić information content (AvgIpc) is 1.96. The van der Waals surface area contributed by atoms with E-state index in [0.717, 1.165) is 12.8 Å². The standard InChI is InChI=1S/C10H17BrClN/c1-6(2)13-10-7(3)4-8(12)5-9(10)11/h6-8,13H,4-5H2,1-3H3. The predicted molar refractivity (Wildman–Crippen MR) is 62.3 cm³/mol. The van der Waals surface area contributed by atoms with Gasteiger partial charge in [0.2, 0.25) is 0 Å². The SMILES string of the molecule is CC(C)NC1=C(Br)CC(Cl)CC1C. The summed E-state index contributed by atoms with van der Waals surface area (Å²) >= 11 is 9.71. The quantitative estimate of drug-likeness (QED) is 0.753. The van der Waals surface area contributed by atoms with Gasteiger partial charge in [0, 0.05) is 21.6 Å². The molecule has 0 bridgehead atoms. The Bertz CT molecular complexity index is 213. The third kappa shape index (κ3) is 3.17. The van der Waals surface area contributed by atoms with E-state index in [-0.39, 0.29) is 0 Å². The lowest BCUT2D eigenvalue weighted by Crippen LogP contribution is -2.30. The Hall–Kier alpha value is 0.310. The van der Waals surface area contributed by atoms with Gasteiger partial charge in [0.25, 0.3) is 0 Å². The summed E-state index contributed by atoms with van der Waals surface area (Å²) in [6.45, 7) is 6.54. The van der Waals surface area contributed by atoms with Gasteiger partial charge in [-0.2, -0.15) is 0 Å². The first kappa shape index (κ1) is 11.4. The highest BCUT2D eigenvalue weighted by molar-refractivity contribution is 9.11. The maximum absolute atomic E-state index is 6.12. The lowest BCUT2D eigenvalue weighted by Gasteiger charge is -2.29. The van der Waals surface area contributed by atoms with E-state index in [4.69, 9.17) is 11.6 Å². The second kappa shape index (κ2) is 4.70. The van der Waals surface area contributed by atoms with Crippen molar-refractivity contribution >= 4 is 27.5 Å². The molecule has 0 aromatic carbocycles. The van der Waals surface area contributed by atoms with E-state index >= 15 is 0 Å². The molecule has 0 aromatic heterocycles. The molecule has 3 heteroatoms. The third-order valence-corrected chi connectivity index (χ3v) is 3.32. The molecular weight excluding hydrogens is 249 g/mol. The van der Waals surface area contributed by atoms with Crippen molar-refractivity contribution in [2.24, 2.45) is 5.92 Å². The van der Waals surface area contributed by atoms with Crippen LogP contribution in [0, 0.1) is 5.92 Å². The van der Waals surface area contributed by atoms with Crippen LogP contribution in [-0.2, 0) is 0 Å². The van der Waals surface area contributed by atoms with Crippen molar-refractivity contribution < 1.29 is 0 Å². The fourth-order valence-electron chi connectivity index (χ4n) is 1.69. The predicted octanol–water partition coefficient (Wildman–Crippen LogP) is 3.63. The second-order valence-electron chi connectivity index (χ2n) is 4.06. The molecule has 0 aliphatic heterocycles. The van der Waals surface area contributed by atoms with Crippen molar-refractivity contribution in [3.63, 3.8) is 0 Å². The zero-order valence-corrected chi connectivity index (χ0v) is 10.7. The Morgan fingerprint density at radius 3 is 2.62 bits per heavy atom. The van der Waals surface area contributed by atoms with E-state index in [0.29, 0.717) is 17.3 Å². The smallest absolute Gasteiger partial charge is 0.0388 e. The molecule has 0 saturated carbocycles. The Labute approximate surface area is 94.0 Å². The maximum Gasteiger partial charge on any atom is 0.0388 e. The molecule has 1 N–H and O–H groups in total. The van der Waals surface area contributed by atoms with Gasteiger partial charge in [-0.25, -0.2) is 0 Å². The summed E-state index contributed by atoms with van der Waals surface area (Å²) in [7, 11) is 0. The zero-order valence-electron chi connectivity index (χ0n) is 8.40. The first-order valence-corrected chi connectivity index (χ1v) is 6.02. The van der Waals surface area contributed by atoms with Crippen LogP contribution in [0.2, 0.25) is 0 Å². The number of hydrogen-bond acceptors (Lipinski definition) is 1. The van der Waals surface area contributed by atoms with Crippen LogP contribution in [0.3, 0.4) is 0 Å². The zero-order chi connectivity index (χ0) is 10.0. The van der Waals surface area contributed by atoms with Gasteiger partial charge in [0.1, 0.15) is 0 Å². The fourth-order valence-corrected chi connectivity index (χ4v) is 3.19. The fraction of sp³-hybridized carbons (Fsp3) is 0.800. The topological polar surface area (TPSA) is 12.0 Å². The van der Waals surface area contributed by atoms with Crippen molar-refractivity contribution in [2.45, 2.75) is 45.0 Å². The van der Waals surface area contributed by atoms with Crippen LogP contribution in [0.4, 0.5) is 0 Å². The van der Waals surface area contributed by atoms with Gasteiger partial charge in [0.05, 0.1) is 0 Å². The molecule has 2 atom stereocenters. The first-order valence-electron chi connectivity index (χ1n) is 4.79. The summed E-state index contributed by atoms with van der Waals surface area (Å²) < 4.78 is 1.25. The van der Waals surface area contributed by atoms with E-state index in [1.165, 1.54) is 10.2 Å². The van der Waals surface area contributed by atoms with Crippen LogP contribution in [0.1, 0.15) is 33.6 Å². The maximum atomic E-state index is 6.12. The molecule has 1 aliphatic rings. The monoisotopic (exact) mass is 265 g/mol. The summed E-state index contributed by atoms with van der Waals surface area (Å²) in [5.41, 5.74) is 1.34. The van der Waals surface area contributed by atoms with Gasteiger partial charge in [-0.1, -0.05) is 22.9 Å². The summed E-state index contributed by atoms with van der Waals surface area (Å²) in [5.74, 6) is 0.549. The largest absolute Gasteiger partial charge is 0.385 e. The highest BCUT2D eigenvalue weighted by atomic mass is 79.9. The van der Waals surface area contributed by atoms with Crippen molar-refractivity contribution in [3.05, 3.63) is 10.2 Å². The highest BCUT2D eigenvalue weighted by Gasteiger charge is 2.24. The molecular formula is C10H17BrClN. The van der Waals surface area contributed by atoms with Gasteiger partial charge in [-0.3, -0.25) is 0 Å². The van der Waals surface area contributed by atoms with Crippen LogP contribution in [0.15, 0.2) is 10.2 Å². The Kier molecular flexibility index (Phi) is 4.11. The summed E-state index contributed by atoms with van der Waals surface area (Å²) in [6, 6.07) is 0.497. The van der Waals surface area contributed by atoms with E-state index in [1.807, 2.05) is 0 Å². The van der Waals surface area contributed by atoms with Crippen LogP contribution in [0.25, 0.3) is 0 Å². The van der Waals surface area contributed by atoms with Crippen LogP contribution >= 0.6 is 27.5 Å². The number of hydrogen-bond donors (Lipinski definition) is 1. The Balaban J connectivity index is 2.72. The molecule has 0 spiro atoms. The highest BCUT2D eigenvalue weighted by Crippen LogP contribution is 2.34. The van der Waals surface area contributed by atoms with E-state index < -0.39 is 0 Å². The summed E-state index contributed by atoms with van der Waals surface area (Å²) in [6.07, 6.45) is 2.03. The van der Waals surface area contributed by atoms with E-state index in [1.54, 1.807) is 0 Å². The van der Waals surface area contributed by atoms with Crippen LogP contribution in [0.5, 0.6) is 0 Å². The number of halogens is 2. The molecule has 1 aliphatic carbocycles. The third-order valence-electron chi connectivity index (χ3n) is 2.24. The minimum Gasteiger partial charge on any atom is -0.385 e. The van der Waals surface area contributed by atoms with Gasteiger partial charge in [-0.15, -0.1) is 11.6 Å². The molecule has 13 heavy (non-hydrogen) atoms. The summed E-state index contributed by atoms with van der Waals surface area (Å²) in [4.78, 5) is 0. The van der Waals surface area contributed by atoms with Gasteiger partial charge >= 0.3 is 0 Å². The van der Waals surface area contributed by atoms with Crippen LogP contribution in [-0.4, -0.2) is 11.4 Å². The van der Waals surface area contributed by atoms with Crippen molar-refractivity contribution in [1.82, 2.24) is 5.32 Å². The van der Waals surface area contributed by atoms with Crippen molar-refractivity contribution in [2.75, 3.05) is 0 Å². The number of alkyl halides is 1. The summed E-state index contributed by atoms with van der Waals surface area (Å²) in [5, 5.41) is 3.77. The van der Waals surface area contributed by atoms with Crippen molar-refractivity contribution in [1.29, 1.82) is 0 Å². The lowest BCUT2D eigenvalue weighted by molar-refractivity contribution is 0.490. The Morgan fingerprint density at radius 1 is 1.54 bits per heavy atom. The molecule has 0 amide bonds. The van der Waals surface area contributed by atoms with Gasteiger partial charge in [-0.05, 0) is 32.6 Å². The molecule has 76 valence electrons. The van der Waals surface area contributed by atoms with Gasteiger partial charge < -0.3 is 5.32 Å². The molecule has 0 heterocycles. The molecule has 1 rings (SSSR count). The minimum absolute atomic E-state index is 0.294. The van der Waals surface area contributed by atoms with E-state index in [9.17, 15) is 0 Å². The second-order valence-corrected chi connectivity index (χ2v) is 5.63.